The fourth-order valence-electron chi connectivity index (χ4n) is 2.11. The van der Waals surface area contributed by atoms with Crippen LogP contribution in [-0.4, -0.2) is 18.3 Å². The molecule has 8 heteroatoms. The molecule has 0 aliphatic carbocycles. The van der Waals surface area contributed by atoms with Crippen molar-refractivity contribution < 1.29 is 10.2 Å². The summed E-state index contributed by atoms with van der Waals surface area (Å²) in [5, 5.41) is 18.9. The Kier molecular flexibility index (Phi) is 5.47. The molecule has 2 aromatic rings. The van der Waals surface area contributed by atoms with Crippen LogP contribution in [0, 0.1) is 0 Å². The Labute approximate surface area is 163 Å². The van der Waals surface area contributed by atoms with Crippen molar-refractivity contribution in [1.29, 1.82) is 0 Å². The first-order chi connectivity index (χ1) is 10.5. The number of phenols is 2. The molecule has 0 bridgehead atoms. The van der Waals surface area contributed by atoms with Crippen LogP contribution >= 0.6 is 69.6 Å². The van der Waals surface area contributed by atoms with Crippen molar-refractivity contribution in [2.24, 2.45) is 0 Å². The Morgan fingerprint density at radius 3 is 1.13 bits per heavy atom. The summed E-state index contributed by atoms with van der Waals surface area (Å²) in [5.74, 6) is 0.0594. The minimum atomic E-state index is -2.13. The van der Waals surface area contributed by atoms with E-state index < -0.39 is 13.0 Å². The molecule has 0 saturated heterocycles. The molecular weight excluding hydrogens is 425 g/mol. The van der Waals surface area contributed by atoms with Gasteiger partial charge in [0.2, 0.25) is 3.79 Å². The fourth-order valence-corrected chi connectivity index (χ4v) is 3.51. The summed E-state index contributed by atoms with van der Waals surface area (Å²) in [5.41, 5.74) is 0.804. The van der Waals surface area contributed by atoms with Crippen LogP contribution in [0.1, 0.15) is 11.1 Å². The molecule has 2 aromatic carbocycles. The molecule has 23 heavy (non-hydrogen) atoms. The topological polar surface area (TPSA) is 40.5 Å². The first-order valence-corrected chi connectivity index (χ1v) is 8.49. The molecule has 0 spiro atoms. The van der Waals surface area contributed by atoms with Crippen molar-refractivity contribution in [3.05, 3.63) is 59.7 Å². The average Bonchev–Trinajstić information content (AvgIpc) is 2.46. The van der Waals surface area contributed by atoms with Gasteiger partial charge in [-0.1, -0.05) is 82.3 Å². The SMILES string of the molecule is Oc1ccc(C(Cl)(c2ccc(O)cc2)C(Cl)(Cl)C(Cl)(Cl)Cl)cc1. The zero-order chi connectivity index (χ0) is 17.5. The Hall–Kier alpha value is -0.220. The summed E-state index contributed by atoms with van der Waals surface area (Å²) >= 11 is 37.4. The lowest BCUT2D eigenvalue weighted by Gasteiger charge is -2.42. The van der Waals surface area contributed by atoms with E-state index in [1.54, 1.807) is 0 Å². The van der Waals surface area contributed by atoms with E-state index in [9.17, 15) is 10.2 Å². The van der Waals surface area contributed by atoms with Crippen LogP contribution in [0.25, 0.3) is 0 Å². The molecule has 124 valence electrons. The third-order valence-electron chi connectivity index (χ3n) is 3.32. The highest BCUT2D eigenvalue weighted by atomic mass is 35.6. The molecule has 0 fully saturated rings. The quantitative estimate of drug-likeness (QED) is 0.571. The van der Waals surface area contributed by atoms with E-state index in [-0.39, 0.29) is 11.5 Å². The van der Waals surface area contributed by atoms with Gasteiger partial charge in [-0.15, -0.1) is 11.6 Å². The second kappa shape index (κ2) is 6.59. The van der Waals surface area contributed by atoms with E-state index in [0.29, 0.717) is 11.1 Å². The predicted octanol–water partition coefficient (Wildman–Crippen LogP) is 6.12. The normalized spacial score (nSPS) is 13.1. The summed E-state index contributed by atoms with van der Waals surface area (Å²) in [6.07, 6.45) is 0. The van der Waals surface area contributed by atoms with Gasteiger partial charge >= 0.3 is 0 Å². The predicted molar refractivity (Wildman–Crippen MR) is 97.6 cm³/mol. The third-order valence-corrected chi connectivity index (χ3v) is 6.80. The van der Waals surface area contributed by atoms with E-state index in [0.717, 1.165) is 0 Å². The second-order valence-electron chi connectivity index (χ2n) is 4.82. The van der Waals surface area contributed by atoms with Crippen LogP contribution in [0.4, 0.5) is 0 Å². The standard InChI is InChI=1S/C15H10Cl6O2/c16-13(14(17,18)15(19,20)21,9-1-5-11(22)6-2-9)10-3-7-12(23)8-4-10/h1-8,22-23H. The maximum Gasteiger partial charge on any atom is 0.225 e. The fraction of sp³-hybridized carbons (Fsp3) is 0.200. The van der Waals surface area contributed by atoms with Crippen LogP contribution in [0.5, 0.6) is 11.5 Å². The van der Waals surface area contributed by atoms with Gasteiger partial charge in [0, 0.05) is 0 Å². The van der Waals surface area contributed by atoms with Gasteiger partial charge in [-0.05, 0) is 35.4 Å². The minimum absolute atomic E-state index is 0.0297. The highest BCUT2D eigenvalue weighted by Gasteiger charge is 2.61. The van der Waals surface area contributed by atoms with Gasteiger partial charge < -0.3 is 10.2 Å². The molecule has 0 aliphatic rings. The van der Waals surface area contributed by atoms with Crippen molar-refractivity contribution in [2.75, 3.05) is 0 Å². The van der Waals surface area contributed by atoms with Crippen molar-refractivity contribution in [2.45, 2.75) is 13.0 Å². The minimum Gasteiger partial charge on any atom is -0.508 e. The maximum absolute atomic E-state index is 9.47. The van der Waals surface area contributed by atoms with Gasteiger partial charge in [0.05, 0.1) is 0 Å². The Balaban J connectivity index is 2.73. The van der Waals surface area contributed by atoms with Crippen molar-refractivity contribution in [3.63, 3.8) is 0 Å². The lowest BCUT2D eigenvalue weighted by atomic mass is 9.87. The summed E-state index contributed by atoms with van der Waals surface area (Å²) in [6, 6.07) is 11.7. The Bertz CT molecular complexity index is 631. The van der Waals surface area contributed by atoms with Gasteiger partial charge in [-0.2, -0.15) is 0 Å². The molecule has 0 aliphatic heterocycles. The molecule has 2 nitrogen and oxygen atoms in total. The number of benzene rings is 2. The smallest absolute Gasteiger partial charge is 0.225 e. The van der Waals surface area contributed by atoms with E-state index in [2.05, 4.69) is 0 Å². The molecule has 0 atom stereocenters. The summed E-state index contributed by atoms with van der Waals surface area (Å²) in [6.45, 7) is 0. The number of aromatic hydroxyl groups is 2. The lowest BCUT2D eigenvalue weighted by Crippen LogP contribution is -2.49. The molecule has 0 heterocycles. The second-order valence-corrected chi connectivity index (χ2v) is 9.00. The maximum atomic E-state index is 9.47. The van der Waals surface area contributed by atoms with Gasteiger partial charge in [-0.3, -0.25) is 0 Å². The summed E-state index contributed by atoms with van der Waals surface area (Å²) in [7, 11) is 0. The highest BCUT2D eigenvalue weighted by molar-refractivity contribution is 6.76. The monoisotopic (exact) mass is 432 g/mol. The Morgan fingerprint density at radius 1 is 0.565 bits per heavy atom. The van der Waals surface area contributed by atoms with Gasteiger partial charge in [-0.25, -0.2) is 0 Å². The molecule has 0 amide bonds. The van der Waals surface area contributed by atoms with Gasteiger partial charge in [0.25, 0.3) is 0 Å². The number of rotatable bonds is 3. The molecule has 0 unspecified atom stereocenters. The summed E-state index contributed by atoms with van der Waals surface area (Å²) in [4.78, 5) is -1.66. The average molecular weight is 435 g/mol. The van der Waals surface area contributed by atoms with E-state index in [4.69, 9.17) is 69.6 Å². The van der Waals surface area contributed by atoms with Crippen molar-refractivity contribution >= 4 is 69.6 Å². The summed E-state index contributed by atoms with van der Waals surface area (Å²) < 4.78 is -4.20. The van der Waals surface area contributed by atoms with Crippen LogP contribution in [0.2, 0.25) is 0 Å². The van der Waals surface area contributed by atoms with Crippen molar-refractivity contribution in [3.8, 4) is 11.5 Å². The van der Waals surface area contributed by atoms with E-state index in [1.165, 1.54) is 48.5 Å². The largest absolute Gasteiger partial charge is 0.508 e. The number of phenolic OH excluding ortho intramolecular Hbond substituents is 2. The van der Waals surface area contributed by atoms with E-state index >= 15 is 0 Å². The number of halogens is 6. The third kappa shape index (κ3) is 3.44. The molecule has 0 aromatic heterocycles. The van der Waals surface area contributed by atoms with Gasteiger partial charge in [0.15, 0.2) is 4.33 Å². The molecule has 0 saturated carbocycles. The Morgan fingerprint density at radius 2 is 0.870 bits per heavy atom. The first-order valence-electron chi connectivity index (χ1n) is 6.22. The molecule has 0 radical (unpaired) electrons. The first kappa shape index (κ1) is 19.1. The van der Waals surface area contributed by atoms with Crippen LogP contribution < -0.4 is 0 Å². The van der Waals surface area contributed by atoms with Crippen LogP contribution in [0.3, 0.4) is 0 Å². The zero-order valence-electron chi connectivity index (χ0n) is 11.3. The number of hydrogen-bond donors (Lipinski definition) is 2. The van der Waals surface area contributed by atoms with Crippen LogP contribution in [0.15, 0.2) is 48.5 Å². The van der Waals surface area contributed by atoms with Gasteiger partial charge in [0.1, 0.15) is 16.4 Å². The van der Waals surface area contributed by atoms with Crippen molar-refractivity contribution in [1.82, 2.24) is 0 Å². The molecule has 2 N–H and O–H groups in total. The number of hydrogen-bond acceptors (Lipinski definition) is 2. The molecule has 2 rings (SSSR count). The zero-order valence-corrected chi connectivity index (χ0v) is 15.8. The number of alkyl halides is 6. The van der Waals surface area contributed by atoms with E-state index in [1.807, 2.05) is 0 Å². The lowest BCUT2D eigenvalue weighted by molar-refractivity contribution is 0.474. The molecular formula is C15H10Cl6O2. The van der Waals surface area contributed by atoms with Crippen LogP contribution in [-0.2, 0) is 4.87 Å². The highest BCUT2D eigenvalue weighted by Crippen LogP contribution is 2.61.